The molecule has 5 heteroatoms. The number of nitrogens with one attached hydrogen (secondary N) is 1. The maximum Gasteiger partial charge on any atom is 0.416 e. The van der Waals surface area contributed by atoms with Crippen molar-refractivity contribution in [1.29, 1.82) is 0 Å². The highest BCUT2D eigenvalue weighted by atomic mass is 35.5. The van der Waals surface area contributed by atoms with Crippen molar-refractivity contribution in [3.8, 4) is 0 Å². The van der Waals surface area contributed by atoms with Crippen LogP contribution in [0.4, 0.5) is 13.2 Å². The van der Waals surface area contributed by atoms with Gasteiger partial charge in [0.25, 0.3) is 0 Å². The number of hydrogen-bond acceptors (Lipinski definition) is 1. The van der Waals surface area contributed by atoms with E-state index < -0.39 is 11.7 Å². The van der Waals surface area contributed by atoms with Crippen molar-refractivity contribution in [1.82, 2.24) is 4.84 Å². The molecular formula is C14H19ClF3N. The predicted molar refractivity (Wildman–Crippen MR) is 71.9 cm³/mol. The van der Waals surface area contributed by atoms with Gasteiger partial charge in [-0.05, 0) is 53.3 Å². The summed E-state index contributed by atoms with van der Waals surface area (Å²) in [6.45, 7) is 6.57. The quantitative estimate of drug-likeness (QED) is 0.776. The summed E-state index contributed by atoms with van der Waals surface area (Å²) in [5.74, 6) is 0. The summed E-state index contributed by atoms with van der Waals surface area (Å²) in [5.41, 5.74) is 1.000. The molecule has 1 rings (SSSR count). The lowest BCUT2D eigenvalue weighted by atomic mass is 9.87. The van der Waals surface area contributed by atoms with E-state index in [9.17, 15) is 13.2 Å². The third-order valence-corrected chi connectivity index (χ3v) is 3.07. The zero-order valence-corrected chi connectivity index (χ0v) is 12.1. The summed E-state index contributed by atoms with van der Waals surface area (Å²) < 4.78 is 38.2. The first-order chi connectivity index (χ1) is 8.63. The first kappa shape index (κ1) is 16.3. The Kier molecular flexibility index (Phi) is 5.27. The van der Waals surface area contributed by atoms with Gasteiger partial charge in [0.2, 0.25) is 0 Å². The minimum atomic E-state index is -4.30. The molecule has 0 amide bonds. The van der Waals surface area contributed by atoms with E-state index in [1.165, 1.54) is 12.1 Å². The number of benzene rings is 1. The van der Waals surface area contributed by atoms with E-state index in [1.807, 2.05) is 0 Å². The van der Waals surface area contributed by atoms with Crippen molar-refractivity contribution in [3.63, 3.8) is 0 Å². The molecule has 0 heterocycles. The molecule has 1 aromatic carbocycles. The largest absolute Gasteiger partial charge is 0.416 e. The van der Waals surface area contributed by atoms with E-state index in [-0.39, 0.29) is 5.41 Å². The fourth-order valence-electron chi connectivity index (χ4n) is 1.79. The Morgan fingerprint density at radius 3 is 2.21 bits per heavy atom. The summed E-state index contributed by atoms with van der Waals surface area (Å²) in [6, 6.07) is 3.83. The first-order valence-electron chi connectivity index (χ1n) is 6.16. The Labute approximate surface area is 117 Å². The second-order valence-corrected chi connectivity index (χ2v) is 6.12. The van der Waals surface area contributed by atoms with Crippen LogP contribution in [-0.4, -0.2) is 0 Å². The number of halogens is 4. The highest BCUT2D eigenvalue weighted by molar-refractivity contribution is 6.13. The fraction of sp³-hybridized carbons (Fsp3) is 0.571. The van der Waals surface area contributed by atoms with Crippen molar-refractivity contribution in [2.75, 3.05) is 0 Å². The minimum Gasteiger partial charge on any atom is -0.229 e. The van der Waals surface area contributed by atoms with Crippen LogP contribution < -0.4 is 4.84 Å². The van der Waals surface area contributed by atoms with Crippen LogP contribution in [0.15, 0.2) is 18.2 Å². The standard InChI is InChI=1S/C14H19ClF3N/c1-13(2,3)7-6-10-8-12(14(16,17)18)5-4-11(10)9-19-15/h4-5,8,19H,6-7,9H2,1-3H3. The summed E-state index contributed by atoms with van der Waals surface area (Å²) >= 11 is 5.46. The lowest BCUT2D eigenvalue weighted by Crippen LogP contribution is -2.12. The number of aryl methyl sites for hydroxylation is 1. The normalized spacial score (nSPS) is 12.8. The maximum absolute atomic E-state index is 12.7. The molecule has 0 aromatic heterocycles. The smallest absolute Gasteiger partial charge is 0.229 e. The van der Waals surface area contributed by atoms with E-state index in [4.69, 9.17) is 11.8 Å². The van der Waals surface area contributed by atoms with Gasteiger partial charge in [0.1, 0.15) is 0 Å². The van der Waals surface area contributed by atoms with E-state index in [0.29, 0.717) is 18.5 Å². The van der Waals surface area contributed by atoms with Crippen molar-refractivity contribution >= 4 is 11.8 Å². The molecule has 1 aromatic rings. The van der Waals surface area contributed by atoms with Gasteiger partial charge in [-0.1, -0.05) is 26.8 Å². The maximum atomic E-state index is 12.7. The topological polar surface area (TPSA) is 12.0 Å². The molecule has 1 nitrogen and oxygen atoms in total. The molecule has 19 heavy (non-hydrogen) atoms. The molecule has 0 spiro atoms. The second-order valence-electron chi connectivity index (χ2n) is 5.85. The molecule has 0 radical (unpaired) electrons. The average molecular weight is 294 g/mol. The van der Waals surface area contributed by atoms with Crippen molar-refractivity contribution in [3.05, 3.63) is 34.9 Å². The monoisotopic (exact) mass is 293 g/mol. The molecule has 108 valence electrons. The van der Waals surface area contributed by atoms with Crippen LogP contribution in [0, 0.1) is 5.41 Å². The van der Waals surface area contributed by atoms with Gasteiger partial charge in [-0.2, -0.15) is 13.2 Å². The Hall–Kier alpha value is -0.740. The van der Waals surface area contributed by atoms with Crippen LogP contribution in [0.5, 0.6) is 0 Å². The molecule has 0 aliphatic rings. The van der Waals surface area contributed by atoms with Crippen molar-refractivity contribution < 1.29 is 13.2 Å². The van der Waals surface area contributed by atoms with Gasteiger partial charge in [0.05, 0.1) is 5.56 Å². The van der Waals surface area contributed by atoms with Gasteiger partial charge < -0.3 is 0 Å². The summed E-state index contributed by atoms with van der Waals surface area (Å²) in [7, 11) is 0. The van der Waals surface area contributed by atoms with Crippen LogP contribution in [0.1, 0.15) is 43.9 Å². The summed E-state index contributed by atoms with van der Waals surface area (Å²) in [6.07, 6.45) is -2.87. The van der Waals surface area contributed by atoms with Crippen LogP contribution in [0.3, 0.4) is 0 Å². The number of rotatable bonds is 4. The third kappa shape index (κ3) is 5.41. The number of alkyl halides is 3. The highest BCUT2D eigenvalue weighted by Crippen LogP contribution is 2.32. The lowest BCUT2D eigenvalue weighted by molar-refractivity contribution is -0.137. The lowest BCUT2D eigenvalue weighted by Gasteiger charge is -2.20. The molecule has 0 aliphatic carbocycles. The van der Waals surface area contributed by atoms with Gasteiger partial charge >= 0.3 is 6.18 Å². The Bertz CT molecular complexity index is 422. The minimum absolute atomic E-state index is 0.0832. The van der Waals surface area contributed by atoms with E-state index in [0.717, 1.165) is 18.1 Å². The van der Waals surface area contributed by atoms with Crippen molar-refractivity contribution in [2.24, 2.45) is 5.41 Å². The Balaban J connectivity index is 3.02. The molecule has 0 aliphatic heterocycles. The van der Waals surface area contributed by atoms with E-state index >= 15 is 0 Å². The molecule has 0 saturated carbocycles. The van der Waals surface area contributed by atoms with Gasteiger partial charge in [-0.25, -0.2) is 4.84 Å². The van der Waals surface area contributed by atoms with Crippen LogP contribution in [-0.2, 0) is 19.1 Å². The van der Waals surface area contributed by atoms with Crippen LogP contribution in [0.25, 0.3) is 0 Å². The third-order valence-electron chi connectivity index (χ3n) is 2.94. The van der Waals surface area contributed by atoms with E-state index in [2.05, 4.69) is 25.6 Å². The zero-order chi connectivity index (χ0) is 14.7. The SMILES string of the molecule is CC(C)(C)CCc1cc(C(F)(F)F)ccc1CNCl. The highest BCUT2D eigenvalue weighted by Gasteiger charge is 2.31. The number of hydrogen-bond donors (Lipinski definition) is 1. The average Bonchev–Trinajstić information content (AvgIpc) is 2.25. The summed E-state index contributed by atoms with van der Waals surface area (Å²) in [5, 5.41) is 0. The molecule has 0 unspecified atom stereocenters. The molecule has 1 N–H and O–H groups in total. The van der Waals surface area contributed by atoms with E-state index in [1.54, 1.807) is 0 Å². The Morgan fingerprint density at radius 1 is 1.11 bits per heavy atom. The van der Waals surface area contributed by atoms with Crippen molar-refractivity contribution in [2.45, 2.75) is 46.3 Å². The molecule has 0 bridgehead atoms. The molecule has 0 saturated heterocycles. The van der Waals surface area contributed by atoms with Crippen LogP contribution >= 0.6 is 11.8 Å². The zero-order valence-electron chi connectivity index (χ0n) is 11.4. The van der Waals surface area contributed by atoms with Gasteiger partial charge in [-0.3, -0.25) is 0 Å². The van der Waals surface area contributed by atoms with Crippen LogP contribution in [0.2, 0.25) is 0 Å². The van der Waals surface area contributed by atoms with Gasteiger partial charge in [-0.15, -0.1) is 0 Å². The molecule has 0 atom stereocenters. The molecular weight excluding hydrogens is 275 g/mol. The van der Waals surface area contributed by atoms with Gasteiger partial charge in [0, 0.05) is 6.54 Å². The Morgan fingerprint density at radius 2 is 1.74 bits per heavy atom. The first-order valence-corrected chi connectivity index (χ1v) is 6.54. The predicted octanol–water partition coefficient (Wildman–Crippen LogP) is 4.93. The van der Waals surface area contributed by atoms with Gasteiger partial charge in [0.15, 0.2) is 0 Å². The fourth-order valence-corrected chi connectivity index (χ4v) is 1.93. The summed E-state index contributed by atoms with van der Waals surface area (Å²) in [4.78, 5) is 2.47. The second kappa shape index (κ2) is 6.14. The molecule has 0 fully saturated rings.